The van der Waals surface area contributed by atoms with Gasteiger partial charge in [-0.25, -0.2) is 4.79 Å². The predicted octanol–water partition coefficient (Wildman–Crippen LogP) is 3.73. The lowest BCUT2D eigenvalue weighted by molar-refractivity contribution is -0.138. The summed E-state index contributed by atoms with van der Waals surface area (Å²) in [6.07, 6.45) is 2.33. The number of carbonyl (C=O) groups excluding carboxylic acids is 1. The molecule has 1 aromatic carbocycles. The van der Waals surface area contributed by atoms with Crippen molar-refractivity contribution < 1.29 is 19.4 Å². The van der Waals surface area contributed by atoms with Gasteiger partial charge in [0.05, 0.1) is 12.0 Å². The SMILES string of the molecule is CCCCC(CC)(CC(=O)O)NC(=O)OCc1ccccc1. The molecule has 5 nitrogen and oxygen atoms in total. The number of nitrogens with one attached hydrogen (secondary N) is 1. The lowest BCUT2D eigenvalue weighted by Crippen LogP contribution is -2.49. The number of hydrogen-bond acceptors (Lipinski definition) is 3. The van der Waals surface area contributed by atoms with E-state index in [-0.39, 0.29) is 13.0 Å². The summed E-state index contributed by atoms with van der Waals surface area (Å²) in [6.45, 7) is 4.10. The Balaban J connectivity index is 2.62. The van der Waals surface area contributed by atoms with Crippen molar-refractivity contribution in [1.82, 2.24) is 5.32 Å². The fourth-order valence-electron chi connectivity index (χ4n) is 2.37. The number of amides is 1. The highest BCUT2D eigenvalue weighted by molar-refractivity contribution is 5.72. The summed E-state index contributed by atoms with van der Waals surface area (Å²) in [6, 6.07) is 9.38. The maximum Gasteiger partial charge on any atom is 0.407 e. The zero-order valence-electron chi connectivity index (χ0n) is 13.3. The summed E-state index contributed by atoms with van der Waals surface area (Å²) in [4.78, 5) is 23.1. The Morgan fingerprint density at radius 3 is 2.45 bits per heavy atom. The fourth-order valence-corrected chi connectivity index (χ4v) is 2.37. The second-order valence-electron chi connectivity index (χ2n) is 5.49. The Hall–Kier alpha value is -2.04. The zero-order valence-corrected chi connectivity index (χ0v) is 13.3. The van der Waals surface area contributed by atoms with E-state index in [9.17, 15) is 9.59 Å². The monoisotopic (exact) mass is 307 g/mol. The highest BCUT2D eigenvalue weighted by Crippen LogP contribution is 2.23. The van der Waals surface area contributed by atoms with Gasteiger partial charge in [0.2, 0.25) is 0 Å². The number of carbonyl (C=O) groups is 2. The molecule has 1 unspecified atom stereocenters. The Morgan fingerprint density at radius 1 is 1.23 bits per heavy atom. The maximum atomic E-state index is 12.0. The molecule has 0 bridgehead atoms. The van der Waals surface area contributed by atoms with Crippen molar-refractivity contribution in [2.24, 2.45) is 0 Å². The average molecular weight is 307 g/mol. The van der Waals surface area contributed by atoms with E-state index in [2.05, 4.69) is 5.32 Å². The first-order valence-corrected chi connectivity index (χ1v) is 7.72. The molecule has 0 saturated carbocycles. The summed E-state index contributed by atoms with van der Waals surface area (Å²) < 4.78 is 5.20. The number of unbranched alkanes of at least 4 members (excludes halogenated alkanes) is 1. The van der Waals surface area contributed by atoms with E-state index in [1.807, 2.05) is 44.2 Å². The van der Waals surface area contributed by atoms with Crippen LogP contribution in [0.2, 0.25) is 0 Å². The van der Waals surface area contributed by atoms with Gasteiger partial charge in [0.25, 0.3) is 0 Å². The molecule has 1 amide bonds. The van der Waals surface area contributed by atoms with Crippen molar-refractivity contribution in [3.05, 3.63) is 35.9 Å². The van der Waals surface area contributed by atoms with Crippen LogP contribution in [0.4, 0.5) is 4.79 Å². The van der Waals surface area contributed by atoms with Crippen molar-refractivity contribution in [3.63, 3.8) is 0 Å². The van der Waals surface area contributed by atoms with Crippen molar-refractivity contribution >= 4 is 12.1 Å². The summed E-state index contributed by atoms with van der Waals surface area (Å²) >= 11 is 0. The number of carboxylic acid groups (broad SMARTS) is 1. The molecule has 122 valence electrons. The Morgan fingerprint density at radius 2 is 1.91 bits per heavy atom. The first-order chi connectivity index (χ1) is 10.5. The lowest BCUT2D eigenvalue weighted by Gasteiger charge is -2.32. The van der Waals surface area contributed by atoms with E-state index >= 15 is 0 Å². The van der Waals surface area contributed by atoms with E-state index in [0.29, 0.717) is 12.8 Å². The van der Waals surface area contributed by atoms with Gasteiger partial charge in [0.15, 0.2) is 0 Å². The third kappa shape index (κ3) is 6.16. The highest BCUT2D eigenvalue weighted by atomic mass is 16.5. The van der Waals surface area contributed by atoms with Gasteiger partial charge in [0, 0.05) is 0 Å². The Kier molecular flexibility index (Phi) is 7.43. The molecule has 0 spiro atoms. The van der Waals surface area contributed by atoms with E-state index in [4.69, 9.17) is 9.84 Å². The number of rotatable bonds is 9. The van der Waals surface area contributed by atoms with Crippen molar-refractivity contribution in [2.75, 3.05) is 0 Å². The number of benzene rings is 1. The second kappa shape index (κ2) is 9.07. The fraction of sp³-hybridized carbons (Fsp3) is 0.529. The first-order valence-electron chi connectivity index (χ1n) is 7.72. The molecule has 5 heteroatoms. The molecule has 0 saturated heterocycles. The molecule has 1 aromatic rings. The number of aliphatic carboxylic acids is 1. The van der Waals surface area contributed by atoms with Gasteiger partial charge in [-0.05, 0) is 18.4 Å². The lowest BCUT2D eigenvalue weighted by atomic mass is 9.86. The van der Waals surface area contributed by atoms with Crippen molar-refractivity contribution in [1.29, 1.82) is 0 Å². The molecule has 0 aliphatic heterocycles. The van der Waals surface area contributed by atoms with E-state index in [1.165, 1.54) is 0 Å². The van der Waals surface area contributed by atoms with Gasteiger partial charge < -0.3 is 15.2 Å². The summed E-state index contributed by atoms with van der Waals surface area (Å²) in [5, 5.41) is 11.9. The van der Waals surface area contributed by atoms with Crippen LogP contribution in [-0.4, -0.2) is 22.7 Å². The normalized spacial score (nSPS) is 13.2. The topological polar surface area (TPSA) is 75.6 Å². The Bertz CT molecular complexity index is 475. The highest BCUT2D eigenvalue weighted by Gasteiger charge is 2.32. The standard InChI is InChI=1S/C17H25NO4/c1-3-5-11-17(4-2,12-15(19)20)18-16(21)22-13-14-9-7-6-8-10-14/h6-10H,3-5,11-13H2,1-2H3,(H,18,21)(H,19,20). The smallest absolute Gasteiger partial charge is 0.407 e. The largest absolute Gasteiger partial charge is 0.481 e. The third-order valence-electron chi connectivity index (χ3n) is 3.76. The van der Waals surface area contributed by atoms with E-state index in [1.54, 1.807) is 0 Å². The molecular formula is C17H25NO4. The Labute approximate surface area is 131 Å². The summed E-state index contributed by atoms with van der Waals surface area (Å²) in [5.74, 6) is -0.915. The minimum atomic E-state index is -0.915. The van der Waals surface area contributed by atoms with Crippen LogP contribution in [0.25, 0.3) is 0 Å². The van der Waals surface area contributed by atoms with Crippen LogP contribution in [0.3, 0.4) is 0 Å². The van der Waals surface area contributed by atoms with Gasteiger partial charge in [-0.3, -0.25) is 4.79 Å². The predicted molar refractivity (Wildman–Crippen MR) is 84.6 cm³/mol. The minimum Gasteiger partial charge on any atom is -0.481 e. The average Bonchev–Trinajstić information content (AvgIpc) is 2.51. The minimum absolute atomic E-state index is 0.0933. The van der Waals surface area contributed by atoms with Crippen molar-refractivity contribution in [2.45, 2.75) is 58.1 Å². The van der Waals surface area contributed by atoms with Crippen LogP contribution in [0.5, 0.6) is 0 Å². The van der Waals surface area contributed by atoms with Crippen LogP contribution in [0.1, 0.15) is 51.5 Å². The van der Waals surface area contributed by atoms with Gasteiger partial charge >= 0.3 is 12.1 Å². The molecule has 2 N–H and O–H groups in total. The second-order valence-corrected chi connectivity index (χ2v) is 5.49. The number of ether oxygens (including phenoxy) is 1. The van der Waals surface area contributed by atoms with Crippen LogP contribution in [0.15, 0.2) is 30.3 Å². The third-order valence-corrected chi connectivity index (χ3v) is 3.76. The van der Waals surface area contributed by atoms with E-state index < -0.39 is 17.6 Å². The van der Waals surface area contributed by atoms with Gasteiger partial charge in [-0.1, -0.05) is 57.0 Å². The maximum absolute atomic E-state index is 12.0. The first kappa shape index (κ1) is 18.0. The molecule has 0 fully saturated rings. The quantitative estimate of drug-likeness (QED) is 0.729. The van der Waals surface area contributed by atoms with Crippen LogP contribution < -0.4 is 5.32 Å². The van der Waals surface area contributed by atoms with Gasteiger partial charge in [0.1, 0.15) is 6.61 Å². The summed E-state index contributed by atoms with van der Waals surface area (Å²) in [5.41, 5.74) is 0.154. The molecule has 0 aliphatic carbocycles. The molecule has 0 heterocycles. The van der Waals surface area contributed by atoms with Crippen molar-refractivity contribution in [3.8, 4) is 0 Å². The summed E-state index contributed by atoms with van der Waals surface area (Å²) in [7, 11) is 0. The molecular weight excluding hydrogens is 282 g/mol. The molecule has 1 rings (SSSR count). The van der Waals surface area contributed by atoms with Crippen LogP contribution in [-0.2, 0) is 16.1 Å². The molecule has 0 radical (unpaired) electrons. The number of carboxylic acids is 1. The van der Waals surface area contributed by atoms with Crippen LogP contribution in [0, 0.1) is 0 Å². The number of alkyl carbamates (subject to hydrolysis) is 1. The molecule has 1 atom stereocenters. The number of hydrogen-bond donors (Lipinski definition) is 2. The molecule has 22 heavy (non-hydrogen) atoms. The zero-order chi connectivity index (χ0) is 16.4. The molecule has 0 aliphatic rings. The van der Waals surface area contributed by atoms with Gasteiger partial charge in [-0.2, -0.15) is 0 Å². The van der Waals surface area contributed by atoms with Crippen LogP contribution >= 0.6 is 0 Å². The molecule has 0 aromatic heterocycles. The van der Waals surface area contributed by atoms with E-state index in [0.717, 1.165) is 18.4 Å². The van der Waals surface area contributed by atoms with Gasteiger partial charge in [-0.15, -0.1) is 0 Å².